The molecule has 1 aromatic carbocycles. The molecule has 24 heavy (non-hydrogen) atoms. The lowest BCUT2D eigenvalue weighted by molar-refractivity contribution is -0.0300. The molecule has 1 aromatic heterocycles. The number of hydrogen-bond donors (Lipinski definition) is 2. The van der Waals surface area contributed by atoms with Crippen molar-refractivity contribution >= 4 is 5.91 Å². The number of rotatable bonds is 4. The van der Waals surface area contributed by atoms with Crippen LogP contribution in [0.25, 0.3) is 5.69 Å². The van der Waals surface area contributed by atoms with Gasteiger partial charge in [0.05, 0.1) is 22.5 Å². The van der Waals surface area contributed by atoms with Gasteiger partial charge in [-0.1, -0.05) is 39.0 Å². The van der Waals surface area contributed by atoms with E-state index in [1.54, 1.807) is 10.9 Å². The van der Waals surface area contributed by atoms with E-state index in [4.69, 9.17) is 0 Å². The lowest BCUT2D eigenvalue weighted by Crippen LogP contribution is -2.48. The fraction of sp³-hybridized carbons (Fsp3) is 0.474. The average Bonchev–Trinajstić information content (AvgIpc) is 2.97. The summed E-state index contributed by atoms with van der Waals surface area (Å²) in [5.41, 5.74) is 1.26. The second-order valence-corrected chi connectivity index (χ2v) is 7.68. The highest BCUT2D eigenvalue weighted by atomic mass is 16.3. The van der Waals surface area contributed by atoms with Crippen molar-refractivity contribution in [1.29, 1.82) is 0 Å². The Balaban J connectivity index is 1.87. The third kappa shape index (κ3) is 3.36. The van der Waals surface area contributed by atoms with Crippen molar-refractivity contribution in [2.45, 2.75) is 51.0 Å². The van der Waals surface area contributed by atoms with Gasteiger partial charge < -0.3 is 10.4 Å². The molecule has 0 bridgehead atoms. The van der Waals surface area contributed by atoms with Gasteiger partial charge >= 0.3 is 0 Å². The van der Waals surface area contributed by atoms with E-state index in [0.717, 1.165) is 30.6 Å². The molecule has 1 aliphatic carbocycles. The molecule has 0 atom stereocenters. The van der Waals surface area contributed by atoms with E-state index >= 15 is 0 Å². The minimum atomic E-state index is -0.729. The van der Waals surface area contributed by atoms with Gasteiger partial charge in [0.1, 0.15) is 0 Å². The maximum atomic E-state index is 12.7. The maximum absolute atomic E-state index is 12.7. The predicted molar refractivity (Wildman–Crippen MR) is 93.4 cm³/mol. The van der Waals surface area contributed by atoms with Crippen LogP contribution < -0.4 is 5.32 Å². The first kappa shape index (κ1) is 16.7. The van der Waals surface area contributed by atoms with Crippen LogP contribution in [-0.2, 0) is 5.41 Å². The number of para-hydroxylation sites is 1. The largest absolute Gasteiger partial charge is 0.388 e. The summed E-state index contributed by atoms with van der Waals surface area (Å²) in [5.74, 6) is -0.178. The Hall–Kier alpha value is -2.14. The minimum Gasteiger partial charge on any atom is -0.388 e. The van der Waals surface area contributed by atoms with Crippen molar-refractivity contribution in [2.75, 3.05) is 6.54 Å². The van der Waals surface area contributed by atoms with Crippen molar-refractivity contribution in [1.82, 2.24) is 15.1 Å². The number of nitrogens with zero attached hydrogens (tertiary/aromatic N) is 2. The highest BCUT2D eigenvalue weighted by molar-refractivity contribution is 5.95. The van der Waals surface area contributed by atoms with Gasteiger partial charge in [0.15, 0.2) is 0 Å². The van der Waals surface area contributed by atoms with Crippen molar-refractivity contribution in [2.24, 2.45) is 0 Å². The zero-order valence-corrected chi connectivity index (χ0v) is 14.5. The third-order valence-electron chi connectivity index (χ3n) is 4.55. The monoisotopic (exact) mass is 327 g/mol. The van der Waals surface area contributed by atoms with Gasteiger partial charge in [-0.25, -0.2) is 4.68 Å². The van der Waals surface area contributed by atoms with Crippen LogP contribution in [0.1, 0.15) is 56.1 Å². The highest BCUT2D eigenvalue weighted by Gasteiger charge is 2.35. The van der Waals surface area contributed by atoms with Crippen LogP contribution in [0.5, 0.6) is 0 Å². The van der Waals surface area contributed by atoms with E-state index in [9.17, 15) is 9.90 Å². The number of hydrogen-bond acceptors (Lipinski definition) is 3. The summed E-state index contributed by atoms with van der Waals surface area (Å²) in [5, 5.41) is 17.7. The Morgan fingerprint density at radius 3 is 2.50 bits per heavy atom. The SMILES string of the molecule is CC(C)(C)c1nn(-c2ccccc2)cc1C(=O)NCC1(O)CCC1. The molecule has 1 heterocycles. The molecular formula is C19H25N3O2. The van der Waals surface area contributed by atoms with Crippen molar-refractivity contribution in [3.05, 3.63) is 47.8 Å². The molecule has 128 valence electrons. The third-order valence-corrected chi connectivity index (χ3v) is 4.55. The number of amides is 1. The zero-order chi connectivity index (χ0) is 17.4. The standard InChI is InChI=1S/C19H25N3O2/c1-18(2,3)16-15(17(23)20-13-19(24)10-7-11-19)12-22(21-16)14-8-5-4-6-9-14/h4-6,8-9,12,24H,7,10-11,13H2,1-3H3,(H,20,23). The lowest BCUT2D eigenvalue weighted by Gasteiger charge is -2.36. The fourth-order valence-corrected chi connectivity index (χ4v) is 2.91. The molecular weight excluding hydrogens is 302 g/mol. The first-order valence-electron chi connectivity index (χ1n) is 8.45. The van der Waals surface area contributed by atoms with E-state index in [2.05, 4.69) is 10.4 Å². The molecule has 1 fully saturated rings. The van der Waals surface area contributed by atoms with Gasteiger partial charge in [0.2, 0.25) is 0 Å². The van der Waals surface area contributed by atoms with Crippen LogP contribution in [0.4, 0.5) is 0 Å². The van der Waals surface area contributed by atoms with E-state index in [1.165, 1.54) is 0 Å². The molecule has 3 rings (SSSR count). The number of benzene rings is 1. The molecule has 2 aromatic rings. The Morgan fingerprint density at radius 2 is 1.96 bits per heavy atom. The molecule has 5 heteroatoms. The van der Waals surface area contributed by atoms with Gasteiger partial charge in [0.25, 0.3) is 5.91 Å². The number of nitrogens with one attached hydrogen (secondary N) is 1. The van der Waals surface area contributed by atoms with Crippen LogP contribution in [0.3, 0.4) is 0 Å². The summed E-state index contributed by atoms with van der Waals surface area (Å²) >= 11 is 0. The Bertz CT molecular complexity index is 725. The quantitative estimate of drug-likeness (QED) is 0.907. The molecule has 0 aliphatic heterocycles. The fourth-order valence-electron chi connectivity index (χ4n) is 2.91. The topological polar surface area (TPSA) is 67.2 Å². The van der Waals surface area contributed by atoms with Crippen molar-refractivity contribution < 1.29 is 9.90 Å². The Kier molecular flexibility index (Phi) is 4.22. The molecule has 0 spiro atoms. The van der Waals surface area contributed by atoms with Crippen LogP contribution in [0, 0.1) is 0 Å². The van der Waals surface area contributed by atoms with Gasteiger partial charge in [-0.15, -0.1) is 0 Å². The molecule has 0 saturated heterocycles. The molecule has 1 amide bonds. The van der Waals surface area contributed by atoms with Crippen LogP contribution >= 0.6 is 0 Å². The number of aromatic nitrogens is 2. The van der Waals surface area contributed by atoms with Gasteiger partial charge in [-0.3, -0.25) is 4.79 Å². The summed E-state index contributed by atoms with van der Waals surface area (Å²) in [6.45, 7) is 6.43. The molecule has 0 radical (unpaired) electrons. The van der Waals surface area contributed by atoms with E-state index < -0.39 is 5.60 Å². The summed E-state index contributed by atoms with van der Waals surface area (Å²) in [6.07, 6.45) is 4.30. The van der Waals surface area contributed by atoms with Gasteiger partial charge in [-0.05, 0) is 31.4 Å². The second-order valence-electron chi connectivity index (χ2n) is 7.68. The molecule has 5 nitrogen and oxygen atoms in total. The summed E-state index contributed by atoms with van der Waals surface area (Å²) in [4.78, 5) is 12.7. The predicted octanol–water partition coefficient (Wildman–Crippen LogP) is 2.81. The van der Waals surface area contributed by atoms with Crippen molar-refractivity contribution in [3.63, 3.8) is 0 Å². The van der Waals surface area contributed by atoms with Crippen molar-refractivity contribution in [3.8, 4) is 5.69 Å². The Labute approximate surface area is 142 Å². The maximum Gasteiger partial charge on any atom is 0.254 e. The Morgan fingerprint density at radius 1 is 1.29 bits per heavy atom. The van der Waals surface area contributed by atoms with Gasteiger partial charge in [0, 0.05) is 18.2 Å². The normalized spacial score (nSPS) is 16.5. The number of carbonyl (C=O) groups is 1. The lowest BCUT2D eigenvalue weighted by atomic mass is 9.80. The first-order valence-corrected chi connectivity index (χ1v) is 8.45. The highest BCUT2D eigenvalue weighted by Crippen LogP contribution is 2.31. The van der Waals surface area contributed by atoms with Crippen LogP contribution in [-0.4, -0.2) is 32.9 Å². The zero-order valence-electron chi connectivity index (χ0n) is 14.5. The summed E-state index contributed by atoms with van der Waals surface area (Å²) in [6, 6.07) is 9.75. The van der Waals surface area contributed by atoms with E-state index in [0.29, 0.717) is 12.1 Å². The van der Waals surface area contributed by atoms with Gasteiger partial charge in [-0.2, -0.15) is 5.10 Å². The second kappa shape index (κ2) is 6.06. The molecule has 1 saturated carbocycles. The molecule has 0 unspecified atom stereocenters. The van der Waals surface area contributed by atoms with E-state index in [1.807, 2.05) is 51.1 Å². The molecule has 2 N–H and O–H groups in total. The average molecular weight is 327 g/mol. The summed E-state index contributed by atoms with van der Waals surface area (Å²) < 4.78 is 1.74. The van der Waals surface area contributed by atoms with Crippen LogP contribution in [0.15, 0.2) is 36.5 Å². The number of carbonyl (C=O) groups excluding carboxylic acids is 1. The molecule has 1 aliphatic rings. The van der Waals surface area contributed by atoms with Crippen LogP contribution in [0.2, 0.25) is 0 Å². The van der Waals surface area contributed by atoms with E-state index in [-0.39, 0.29) is 11.3 Å². The smallest absolute Gasteiger partial charge is 0.254 e. The minimum absolute atomic E-state index is 0.178. The number of aliphatic hydroxyl groups is 1. The first-order chi connectivity index (χ1) is 11.3. The summed E-state index contributed by atoms with van der Waals surface area (Å²) in [7, 11) is 0.